The molecular weight excluding hydrogens is 421 g/mol. The number of rotatable bonds is 6. The molecule has 0 spiro atoms. The quantitative estimate of drug-likeness (QED) is 0.668. The number of aliphatic hydroxyl groups excluding tert-OH is 1. The van der Waals surface area contributed by atoms with Crippen LogP contribution in [-0.4, -0.2) is 39.3 Å². The summed E-state index contributed by atoms with van der Waals surface area (Å²) in [6, 6.07) is 10.8. The van der Waals surface area contributed by atoms with Crippen LogP contribution in [0.4, 0.5) is 0 Å². The van der Waals surface area contributed by atoms with Crippen LogP contribution in [0.3, 0.4) is 0 Å². The fraction of sp³-hybridized carbons (Fsp3) is 0.458. The predicted molar refractivity (Wildman–Crippen MR) is 121 cm³/mol. The highest BCUT2D eigenvalue weighted by molar-refractivity contribution is 6.36. The summed E-state index contributed by atoms with van der Waals surface area (Å²) in [4.78, 5) is 15.0. The van der Waals surface area contributed by atoms with E-state index in [9.17, 15) is 15.0 Å². The summed E-state index contributed by atoms with van der Waals surface area (Å²) in [5, 5.41) is 21.1. The third-order valence-electron chi connectivity index (χ3n) is 5.90. The monoisotopic (exact) mass is 449 g/mol. The number of amides is 1. The molecule has 2 atom stereocenters. The number of hydrogen-bond donors (Lipinski definition) is 2. The third-order valence-corrected chi connectivity index (χ3v) is 6.61. The molecule has 0 saturated carbocycles. The van der Waals surface area contributed by atoms with Crippen LogP contribution in [-0.2, 0) is 24.1 Å². The predicted octanol–water partition coefficient (Wildman–Crippen LogP) is 4.75. The van der Waals surface area contributed by atoms with E-state index < -0.39 is 5.60 Å². The smallest absolute Gasteiger partial charge is 0.227 e. The maximum Gasteiger partial charge on any atom is 0.227 e. The number of fused-ring (bicyclic) bond motifs is 1. The Morgan fingerprint density at radius 2 is 1.80 bits per heavy atom. The molecule has 0 fully saturated rings. The minimum atomic E-state index is -0.740. The van der Waals surface area contributed by atoms with Gasteiger partial charge in [-0.3, -0.25) is 4.79 Å². The Morgan fingerprint density at radius 1 is 1.17 bits per heavy atom. The van der Waals surface area contributed by atoms with Gasteiger partial charge in [0, 0.05) is 10.0 Å². The average Bonchev–Trinajstić information content (AvgIpc) is 2.68. The summed E-state index contributed by atoms with van der Waals surface area (Å²) in [5.41, 5.74) is 3.30. The molecule has 2 N–H and O–H groups in total. The van der Waals surface area contributed by atoms with Gasteiger partial charge in [0.05, 0.1) is 30.7 Å². The molecule has 0 bridgehead atoms. The van der Waals surface area contributed by atoms with Crippen molar-refractivity contribution < 1.29 is 15.0 Å². The Bertz CT molecular complexity index is 903. The minimum Gasteiger partial charge on any atom is -0.394 e. The molecule has 0 radical (unpaired) electrons. The van der Waals surface area contributed by atoms with E-state index >= 15 is 0 Å². The van der Waals surface area contributed by atoms with Gasteiger partial charge in [-0.1, -0.05) is 47.5 Å². The van der Waals surface area contributed by atoms with Crippen molar-refractivity contribution >= 4 is 29.1 Å². The number of carbonyl (C=O) groups is 1. The fourth-order valence-electron chi connectivity index (χ4n) is 4.29. The van der Waals surface area contributed by atoms with E-state index in [1.807, 2.05) is 32.9 Å². The van der Waals surface area contributed by atoms with E-state index in [-0.39, 0.29) is 31.0 Å². The van der Waals surface area contributed by atoms with Crippen molar-refractivity contribution in [3.8, 4) is 0 Å². The highest BCUT2D eigenvalue weighted by Crippen LogP contribution is 2.36. The molecule has 30 heavy (non-hydrogen) atoms. The molecule has 1 aliphatic heterocycles. The summed E-state index contributed by atoms with van der Waals surface area (Å²) >= 11 is 12.5. The van der Waals surface area contributed by atoms with Crippen LogP contribution < -0.4 is 0 Å². The lowest BCUT2D eigenvalue weighted by molar-refractivity contribution is -0.137. The molecule has 1 amide bonds. The minimum absolute atomic E-state index is 0.0903. The number of hydrogen-bond acceptors (Lipinski definition) is 3. The van der Waals surface area contributed by atoms with Gasteiger partial charge >= 0.3 is 0 Å². The first-order valence-electron chi connectivity index (χ1n) is 10.3. The van der Waals surface area contributed by atoms with Gasteiger partial charge in [-0.25, -0.2) is 0 Å². The number of aliphatic hydroxyl groups is 2. The number of nitrogens with zero attached hydrogens (tertiary/aromatic N) is 1. The first kappa shape index (κ1) is 23.1. The second-order valence-electron chi connectivity index (χ2n) is 8.69. The second kappa shape index (κ2) is 9.27. The maximum atomic E-state index is 13.3. The van der Waals surface area contributed by atoms with Crippen molar-refractivity contribution in [2.45, 2.75) is 64.1 Å². The molecule has 1 heterocycles. The van der Waals surface area contributed by atoms with Crippen LogP contribution in [0.1, 0.15) is 55.5 Å². The molecule has 0 aromatic heterocycles. The van der Waals surface area contributed by atoms with Crippen LogP contribution in [0.2, 0.25) is 10.0 Å². The molecule has 2 aromatic carbocycles. The molecule has 4 nitrogen and oxygen atoms in total. The summed E-state index contributed by atoms with van der Waals surface area (Å²) in [7, 11) is 0. The number of aryl methyl sites for hydroxylation is 1. The normalized spacial score (nSPS) is 19.0. The lowest BCUT2D eigenvalue weighted by Crippen LogP contribution is -2.49. The molecule has 1 unspecified atom stereocenters. The van der Waals surface area contributed by atoms with Crippen LogP contribution in [0.15, 0.2) is 36.4 Å². The van der Waals surface area contributed by atoms with Gasteiger partial charge in [0.25, 0.3) is 0 Å². The first-order valence-corrected chi connectivity index (χ1v) is 11.1. The third kappa shape index (κ3) is 5.00. The lowest BCUT2D eigenvalue weighted by Gasteiger charge is -2.42. The van der Waals surface area contributed by atoms with Crippen LogP contribution in [0.25, 0.3) is 0 Å². The van der Waals surface area contributed by atoms with E-state index in [1.54, 1.807) is 23.1 Å². The highest BCUT2D eigenvalue weighted by atomic mass is 35.5. The number of halogens is 2. The Balaban J connectivity index is 1.90. The van der Waals surface area contributed by atoms with Crippen molar-refractivity contribution in [1.82, 2.24) is 4.90 Å². The standard InChI is InChI=1S/C24H29Cl2NO3/c1-15-18-7-4-6-16(10-11-24(2,3)30)19(18)12-17(14-28)27(15)23(29)13-20-21(25)8-5-9-22(20)26/h4-9,15,17,28,30H,10-14H2,1-3H3/t15?,17-/m1/s1. The molecule has 2 aromatic rings. The first-order chi connectivity index (χ1) is 14.1. The maximum absolute atomic E-state index is 13.3. The summed E-state index contributed by atoms with van der Waals surface area (Å²) in [6.45, 7) is 5.49. The fourth-order valence-corrected chi connectivity index (χ4v) is 4.82. The molecule has 162 valence electrons. The van der Waals surface area contributed by atoms with E-state index in [1.165, 1.54) is 11.1 Å². The summed E-state index contributed by atoms with van der Waals surface area (Å²) in [6.07, 6.45) is 2.07. The van der Waals surface area contributed by atoms with Crippen LogP contribution in [0, 0.1) is 0 Å². The Morgan fingerprint density at radius 3 is 2.40 bits per heavy atom. The molecule has 0 aliphatic carbocycles. The van der Waals surface area contributed by atoms with E-state index in [0.29, 0.717) is 28.5 Å². The van der Waals surface area contributed by atoms with Crippen molar-refractivity contribution in [3.63, 3.8) is 0 Å². The zero-order valence-corrected chi connectivity index (χ0v) is 19.2. The van der Waals surface area contributed by atoms with Crippen molar-refractivity contribution in [3.05, 3.63) is 68.7 Å². The van der Waals surface area contributed by atoms with Gasteiger partial charge < -0.3 is 15.1 Å². The topological polar surface area (TPSA) is 60.8 Å². The molecule has 0 saturated heterocycles. The van der Waals surface area contributed by atoms with Crippen LogP contribution >= 0.6 is 23.2 Å². The summed E-state index contributed by atoms with van der Waals surface area (Å²) < 4.78 is 0. The Kier molecular flexibility index (Phi) is 7.13. The Hall–Kier alpha value is -1.59. The van der Waals surface area contributed by atoms with Gasteiger partial charge in [0.15, 0.2) is 0 Å². The molecule has 3 rings (SSSR count). The van der Waals surface area contributed by atoms with Gasteiger partial charge in [0.1, 0.15) is 0 Å². The van der Waals surface area contributed by atoms with Gasteiger partial charge in [0.2, 0.25) is 5.91 Å². The highest BCUT2D eigenvalue weighted by Gasteiger charge is 2.36. The van der Waals surface area contributed by atoms with Crippen LogP contribution in [0.5, 0.6) is 0 Å². The van der Waals surface area contributed by atoms with Crippen molar-refractivity contribution in [2.75, 3.05) is 6.61 Å². The summed E-state index contributed by atoms with van der Waals surface area (Å²) in [5.74, 6) is -0.107. The van der Waals surface area contributed by atoms with Crippen molar-refractivity contribution in [2.24, 2.45) is 0 Å². The zero-order valence-electron chi connectivity index (χ0n) is 17.7. The molecular formula is C24H29Cl2NO3. The largest absolute Gasteiger partial charge is 0.394 e. The van der Waals surface area contributed by atoms with E-state index in [0.717, 1.165) is 12.0 Å². The van der Waals surface area contributed by atoms with Gasteiger partial charge in [-0.15, -0.1) is 0 Å². The molecule has 6 heteroatoms. The van der Waals surface area contributed by atoms with E-state index in [4.69, 9.17) is 23.2 Å². The number of benzene rings is 2. The Labute approximate surface area is 188 Å². The van der Waals surface area contributed by atoms with Crippen molar-refractivity contribution in [1.29, 1.82) is 0 Å². The SMILES string of the molecule is CC1c2cccc(CCC(C)(C)O)c2C[C@H](CO)N1C(=O)Cc1c(Cl)cccc1Cl. The van der Waals surface area contributed by atoms with Gasteiger partial charge in [-0.2, -0.15) is 0 Å². The number of carbonyl (C=O) groups excluding carboxylic acids is 1. The lowest BCUT2D eigenvalue weighted by atomic mass is 9.83. The second-order valence-corrected chi connectivity index (χ2v) is 9.51. The van der Waals surface area contributed by atoms with E-state index in [2.05, 4.69) is 6.07 Å². The zero-order chi connectivity index (χ0) is 22.1. The average molecular weight is 450 g/mol. The van der Waals surface area contributed by atoms with Gasteiger partial charge in [-0.05, 0) is 74.4 Å². The molecule has 1 aliphatic rings.